The van der Waals surface area contributed by atoms with Crippen LogP contribution in [0, 0.1) is 0 Å². The van der Waals surface area contributed by atoms with E-state index >= 15 is 0 Å². The Morgan fingerprint density at radius 3 is 2.55 bits per heavy atom. The van der Waals surface area contributed by atoms with Crippen molar-refractivity contribution in [3.05, 3.63) is 24.3 Å². The molecule has 3 atom stereocenters. The standard InChI is InChI=1S/C14H21NO5/c1-18-9-20-13-7-15(14(13)12(17)8-16)10-3-5-11(19-2)6-4-10/h3-6,12-14,16-17H,7-9H2,1-2H3/t12-,13-,14+/m1/s1. The van der Waals surface area contributed by atoms with Gasteiger partial charge < -0.3 is 29.3 Å². The minimum absolute atomic E-state index is 0.154. The van der Waals surface area contributed by atoms with Crippen LogP contribution in [0.3, 0.4) is 0 Å². The van der Waals surface area contributed by atoms with Crippen molar-refractivity contribution in [1.29, 1.82) is 0 Å². The molecule has 20 heavy (non-hydrogen) atoms. The first-order chi connectivity index (χ1) is 9.71. The zero-order valence-corrected chi connectivity index (χ0v) is 11.7. The Kier molecular flexibility index (Phi) is 5.19. The number of ether oxygens (including phenoxy) is 3. The highest BCUT2D eigenvalue weighted by Gasteiger charge is 2.44. The number of aliphatic hydroxyl groups excluding tert-OH is 2. The van der Waals surface area contributed by atoms with Crippen molar-refractivity contribution in [2.24, 2.45) is 0 Å². The van der Waals surface area contributed by atoms with Gasteiger partial charge in [-0.15, -0.1) is 0 Å². The quantitative estimate of drug-likeness (QED) is 0.698. The summed E-state index contributed by atoms with van der Waals surface area (Å²) in [5.74, 6) is 0.778. The van der Waals surface area contributed by atoms with Gasteiger partial charge in [-0.25, -0.2) is 0 Å². The largest absolute Gasteiger partial charge is 0.497 e. The van der Waals surface area contributed by atoms with Gasteiger partial charge >= 0.3 is 0 Å². The predicted molar refractivity (Wildman–Crippen MR) is 74.0 cm³/mol. The number of anilines is 1. The van der Waals surface area contributed by atoms with Crippen LogP contribution < -0.4 is 9.64 Å². The minimum Gasteiger partial charge on any atom is -0.497 e. The molecule has 1 saturated heterocycles. The summed E-state index contributed by atoms with van der Waals surface area (Å²) in [5, 5.41) is 19.1. The second kappa shape index (κ2) is 6.90. The summed E-state index contributed by atoms with van der Waals surface area (Å²) >= 11 is 0. The predicted octanol–water partition coefficient (Wildman–Crippen LogP) is 0.226. The lowest BCUT2D eigenvalue weighted by Gasteiger charge is -2.50. The molecule has 6 nitrogen and oxygen atoms in total. The molecule has 0 bridgehead atoms. The average Bonchev–Trinajstić information content (AvgIpc) is 2.46. The molecule has 1 aliphatic rings. The zero-order chi connectivity index (χ0) is 14.5. The number of nitrogens with zero attached hydrogens (tertiary/aromatic N) is 1. The Morgan fingerprint density at radius 1 is 1.30 bits per heavy atom. The third kappa shape index (κ3) is 3.04. The van der Waals surface area contributed by atoms with E-state index in [1.54, 1.807) is 14.2 Å². The molecule has 0 saturated carbocycles. The lowest BCUT2D eigenvalue weighted by atomic mass is 9.93. The third-order valence-corrected chi connectivity index (χ3v) is 3.50. The van der Waals surface area contributed by atoms with Crippen LogP contribution in [0.25, 0.3) is 0 Å². The second-order valence-corrected chi connectivity index (χ2v) is 4.70. The first kappa shape index (κ1) is 15.1. The molecule has 1 heterocycles. The first-order valence-corrected chi connectivity index (χ1v) is 6.51. The monoisotopic (exact) mass is 283 g/mol. The maximum Gasteiger partial charge on any atom is 0.146 e. The van der Waals surface area contributed by atoms with Gasteiger partial charge in [0, 0.05) is 19.3 Å². The number of benzene rings is 1. The average molecular weight is 283 g/mol. The van der Waals surface area contributed by atoms with E-state index in [4.69, 9.17) is 14.2 Å². The van der Waals surface area contributed by atoms with E-state index < -0.39 is 6.10 Å². The van der Waals surface area contributed by atoms with Gasteiger partial charge in [-0.3, -0.25) is 0 Å². The number of hydrogen-bond donors (Lipinski definition) is 2. The van der Waals surface area contributed by atoms with Gasteiger partial charge in [0.2, 0.25) is 0 Å². The van der Waals surface area contributed by atoms with Crippen molar-refractivity contribution in [3.8, 4) is 5.75 Å². The van der Waals surface area contributed by atoms with E-state index in [-0.39, 0.29) is 25.5 Å². The minimum atomic E-state index is -0.854. The maximum atomic E-state index is 9.94. The summed E-state index contributed by atoms with van der Waals surface area (Å²) in [6.07, 6.45) is -1.01. The van der Waals surface area contributed by atoms with E-state index in [0.717, 1.165) is 11.4 Å². The van der Waals surface area contributed by atoms with Gasteiger partial charge in [-0.1, -0.05) is 0 Å². The Morgan fingerprint density at radius 2 is 2.00 bits per heavy atom. The molecular formula is C14H21NO5. The first-order valence-electron chi connectivity index (χ1n) is 6.51. The number of rotatable bonds is 7. The molecule has 0 aliphatic carbocycles. The highest BCUT2D eigenvalue weighted by atomic mass is 16.7. The molecule has 6 heteroatoms. The molecule has 0 radical (unpaired) electrons. The van der Waals surface area contributed by atoms with E-state index in [0.29, 0.717) is 6.54 Å². The van der Waals surface area contributed by atoms with Crippen LogP contribution in [0.15, 0.2) is 24.3 Å². The molecule has 0 spiro atoms. The second-order valence-electron chi connectivity index (χ2n) is 4.70. The van der Waals surface area contributed by atoms with Gasteiger partial charge in [-0.2, -0.15) is 0 Å². The highest BCUT2D eigenvalue weighted by molar-refractivity contribution is 5.53. The SMILES string of the molecule is COCO[C@@H]1CN(c2ccc(OC)cc2)[C@H]1[C@H](O)CO. The molecular weight excluding hydrogens is 262 g/mol. The van der Waals surface area contributed by atoms with Crippen LogP contribution in [-0.4, -0.2) is 62.6 Å². The molecule has 0 unspecified atom stereocenters. The normalized spacial score (nSPS) is 23.3. The van der Waals surface area contributed by atoms with E-state index in [1.165, 1.54) is 0 Å². The van der Waals surface area contributed by atoms with Crippen LogP contribution in [-0.2, 0) is 9.47 Å². The van der Waals surface area contributed by atoms with Crippen molar-refractivity contribution >= 4 is 5.69 Å². The number of methoxy groups -OCH3 is 2. The summed E-state index contributed by atoms with van der Waals surface area (Å²) in [4.78, 5) is 2.00. The van der Waals surface area contributed by atoms with Gasteiger partial charge in [0.1, 0.15) is 18.6 Å². The lowest BCUT2D eigenvalue weighted by Crippen LogP contribution is -2.67. The summed E-state index contributed by atoms with van der Waals surface area (Å²) in [5.41, 5.74) is 0.959. The Hall–Kier alpha value is -1.34. The smallest absolute Gasteiger partial charge is 0.146 e. The van der Waals surface area contributed by atoms with E-state index in [1.807, 2.05) is 29.2 Å². The molecule has 1 aliphatic heterocycles. The van der Waals surface area contributed by atoms with Crippen molar-refractivity contribution in [2.75, 3.05) is 39.1 Å². The maximum absolute atomic E-state index is 9.94. The van der Waals surface area contributed by atoms with Crippen molar-refractivity contribution in [3.63, 3.8) is 0 Å². The van der Waals surface area contributed by atoms with Gasteiger partial charge in [0.05, 0.1) is 25.9 Å². The molecule has 0 aromatic heterocycles. The van der Waals surface area contributed by atoms with Gasteiger partial charge in [0.15, 0.2) is 0 Å². The topological polar surface area (TPSA) is 71.4 Å². The van der Waals surface area contributed by atoms with E-state index in [9.17, 15) is 10.2 Å². The Labute approximate surface area is 118 Å². The number of aliphatic hydroxyl groups is 2. The molecule has 1 aromatic rings. The van der Waals surface area contributed by atoms with Crippen LogP contribution in [0.5, 0.6) is 5.75 Å². The van der Waals surface area contributed by atoms with Crippen molar-refractivity contribution in [1.82, 2.24) is 0 Å². The summed E-state index contributed by atoms with van der Waals surface area (Å²) in [7, 11) is 3.17. The van der Waals surface area contributed by atoms with Crippen LogP contribution in [0.4, 0.5) is 5.69 Å². The fourth-order valence-corrected chi connectivity index (χ4v) is 2.41. The fraction of sp³-hybridized carbons (Fsp3) is 0.571. The van der Waals surface area contributed by atoms with Crippen molar-refractivity contribution < 1.29 is 24.4 Å². The van der Waals surface area contributed by atoms with Crippen LogP contribution in [0.1, 0.15) is 0 Å². The van der Waals surface area contributed by atoms with Gasteiger partial charge in [0.25, 0.3) is 0 Å². The highest BCUT2D eigenvalue weighted by Crippen LogP contribution is 2.31. The zero-order valence-electron chi connectivity index (χ0n) is 11.7. The molecule has 1 aromatic carbocycles. The van der Waals surface area contributed by atoms with Crippen LogP contribution >= 0.6 is 0 Å². The Bertz CT molecular complexity index is 411. The summed E-state index contributed by atoms with van der Waals surface area (Å²) < 4.78 is 15.5. The molecule has 1 fully saturated rings. The molecule has 0 amide bonds. The fourth-order valence-electron chi connectivity index (χ4n) is 2.41. The summed E-state index contributed by atoms with van der Waals surface area (Å²) in [6, 6.07) is 7.29. The Balaban J connectivity index is 2.06. The molecule has 112 valence electrons. The number of hydrogen-bond acceptors (Lipinski definition) is 6. The summed E-state index contributed by atoms with van der Waals surface area (Å²) in [6.45, 7) is 0.525. The van der Waals surface area contributed by atoms with Crippen LogP contribution in [0.2, 0.25) is 0 Å². The molecule has 2 N–H and O–H groups in total. The van der Waals surface area contributed by atoms with Gasteiger partial charge in [-0.05, 0) is 24.3 Å². The van der Waals surface area contributed by atoms with Crippen molar-refractivity contribution in [2.45, 2.75) is 18.2 Å². The third-order valence-electron chi connectivity index (χ3n) is 3.50. The lowest BCUT2D eigenvalue weighted by molar-refractivity contribution is -0.117. The van der Waals surface area contributed by atoms with E-state index in [2.05, 4.69) is 0 Å². The molecule has 2 rings (SSSR count).